The fourth-order valence-electron chi connectivity index (χ4n) is 2.15. The minimum Gasteiger partial charge on any atom is -0.389 e. The van der Waals surface area contributed by atoms with E-state index in [2.05, 4.69) is 4.98 Å². The van der Waals surface area contributed by atoms with Crippen molar-refractivity contribution in [2.45, 2.75) is 26.4 Å². The van der Waals surface area contributed by atoms with E-state index in [9.17, 15) is 9.90 Å². The number of aromatic nitrogens is 1. The molecule has 0 unspecified atom stereocenters. The van der Waals surface area contributed by atoms with Crippen LogP contribution in [0.4, 0.5) is 0 Å². The van der Waals surface area contributed by atoms with Gasteiger partial charge in [-0.2, -0.15) is 0 Å². The van der Waals surface area contributed by atoms with Gasteiger partial charge in [0, 0.05) is 24.0 Å². The molecule has 102 valence electrons. The van der Waals surface area contributed by atoms with Crippen LogP contribution >= 0.6 is 0 Å². The second-order valence-corrected chi connectivity index (χ2v) is 5.40. The first-order valence-corrected chi connectivity index (χ1v) is 6.50. The van der Waals surface area contributed by atoms with E-state index in [0.717, 1.165) is 10.9 Å². The highest BCUT2D eigenvalue weighted by atomic mass is 16.3. The van der Waals surface area contributed by atoms with Crippen LogP contribution in [0.25, 0.3) is 10.9 Å². The highest BCUT2D eigenvalue weighted by molar-refractivity contribution is 5.98. The first-order valence-electron chi connectivity index (χ1n) is 6.50. The summed E-state index contributed by atoms with van der Waals surface area (Å²) in [4.78, 5) is 17.2. The zero-order valence-corrected chi connectivity index (χ0v) is 11.6. The molecule has 1 amide bonds. The third kappa shape index (κ3) is 3.15. The highest BCUT2D eigenvalue weighted by Crippen LogP contribution is 2.17. The summed E-state index contributed by atoms with van der Waals surface area (Å²) in [5, 5.41) is 10.9. The first-order chi connectivity index (χ1) is 8.90. The number of aliphatic hydroxyl groups is 1. The number of H-pyrrole nitrogens is 1. The lowest BCUT2D eigenvalue weighted by molar-refractivity contribution is 0.0312. The van der Waals surface area contributed by atoms with Crippen LogP contribution in [0.2, 0.25) is 0 Å². The Bertz CT molecular complexity index is 548. The molecular weight excluding hydrogens is 240 g/mol. The Morgan fingerprint density at radius 3 is 2.63 bits per heavy atom. The molecule has 0 atom stereocenters. The predicted molar refractivity (Wildman–Crippen MR) is 76.2 cm³/mol. The standard InChI is InChI=1S/C15H20N2O2/c1-4-17(10-15(2,3)19)14(18)13-9-11-7-5-6-8-12(11)16-13/h5-9,16,19H,4,10H2,1-3H3. The van der Waals surface area contributed by atoms with Crippen LogP contribution in [-0.2, 0) is 0 Å². The lowest BCUT2D eigenvalue weighted by Crippen LogP contribution is -2.42. The number of hydrogen-bond acceptors (Lipinski definition) is 2. The molecule has 0 aliphatic carbocycles. The van der Waals surface area contributed by atoms with E-state index < -0.39 is 5.60 Å². The Hall–Kier alpha value is -1.81. The lowest BCUT2D eigenvalue weighted by atomic mass is 10.1. The van der Waals surface area contributed by atoms with Crippen LogP contribution in [0.5, 0.6) is 0 Å². The number of likely N-dealkylation sites (N-methyl/N-ethyl adjacent to an activating group) is 1. The van der Waals surface area contributed by atoms with Crippen LogP contribution in [0, 0.1) is 0 Å². The molecule has 0 spiro atoms. The van der Waals surface area contributed by atoms with Crippen molar-refractivity contribution in [2.75, 3.05) is 13.1 Å². The van der Waals surface area contributed by atoms with Gasteiger partial charge in [-0.3, -0.25) is 4.79 Å². The predicted octanol–water partition coefficient (Wildman–Crippen LogP) is 2.40. The van der Waals surface area contributed by atoms with Crippen LogP contribution in [-0.4, -0.2) is 39.6 Å². The van der Waals surface area contributed by atoms with E-state index >= 15 is 0 Å². The van der Waals surface area contributed by atoms with Gasteiger partial charge in [0.2, 0.25) is 0 Å². The number of hydrogen-bond donors (Lipinski definition) is 2. The number of benzene rings is 1. The third-order valence-electron chi connectivity index (χ3n) is 3.01. The number of amides is 1. The van der Waals surface area contributed by atoms with E-state index in [-0.39, 0.29) is 5.91 Å². The summed E-state index contributed by atoms with van der Waals surface area (Å²) in [6.45, 7) is 6.20. The van der Waals surface area contributed by atoms with Crippen molar-refractivity contribution in [1.29, 1.82) is 0 Å². The minimum absolute atomic E-state index is 0.0826. The van der Waals surface area contributed by atoms with Gasteiger partial charge in [-0.05, 0) is 32.9 Å². The van der Waals surface area contributed by atoms with Crippen LogP contribution in [0.3, 0.4) is 0 Å². The van der Waals surface area contributed by atoms with Gasteiger partial charge in [0.05, 0.1) is 5.60 Å². The van der Waals surface area contributed by atoms with Gasteiger partial charge in [-0.15, -0.1) is 0 Å². The molecule has 0 aliphatic heterocycles. The third-order valence-corrected chi connectivity index (χ3v) is 3.01. The lowest BCUT2D eigenvalue weighted by Gasteiger charge is -2.27. The van der Waals surface area contributed by atoms with Gasteiger partial charge >= 0.3 is 0 Å². The molecule has 1 aromatic carbocycles. The van der Waals surface area contributed by atoms with Crippen molar-refractivity contribution in [2.24, 2.45) is 0 Å². The number of fused-ring (bicyclic) bond motifs is 1. The van der Waals surface area contributed by atoms with E-state index in [1.54, 1.807) is 18.7 Å². The fourth-order valence-corrected chi connectivity index (χ4v) is 2.15. The smallest absolute Gasteiger partial charge is 0.270 e. The summed E-state index contributed by atoms with van der Waals surface area (Å²) in [7, 11) is 0. The molecule has 0 saturated carbocycles. The molecule has 2 N–H and O–H groups in total. The summed E-state index contributed by atoms with van der Waals surface area (Å²) < 4.78 is 0. The Kier molecular flexibility index (Phi) is 3.62. The van der Waals surface area contributed by atoms with Crippen molar-refractivity contribution >= 4 is 16.8 Å². The topological polar surface area (TPSA) is 56.3 Å². The quantitative estimate of drug-likeness (QED) is 0.887. The number of nitrogens with one attached hydrogen (secondary N) is 1. The Morgan fingerprint density at radius 2 is 2.05 bits per heavy atom. The number of aromatic amines is 1. The van der Waals surface area contributed by atoms with Crippen LogP contribution in [0.15, 0.2) is 30.3 Å². The zero-order valence-electron chi connectivity index (χ0n) is 11.6. The average molecular weight is 260 g/mol. The second-order valence-electron chi connectivity index (χ2n) is 5.40. The SMILES string of the molecule is CCN(CC(C)(C)O)C(=O)c1cc2ccccc2[nH]1. The molecule has 1 aromatic heterocycles. The largest absolute Gasteiger partial charge is 0.389 e. The molecule has 4 heteroatoms. The number of rotatable bonds is 4. The molecular formula is C15H20N2O2. The molecule has 0 fully saturated rings. The van der Waals surface area contributed by atoms with E-state index in [1.165, 1.54) is 0 Å². The molecule has 0 aliphatic rings. The highest BCUT2D eigenvalue weighted by Gasteiger charge is 2.23. The summed E-state index contributed by atoms with van der Waals surface area (Å²) >= 11 is 0. The number of carbonyl (C=O) groups excluding carboxylic acids is 1. The van der Waals surface area contributed by atoms with E-state index in [1.807, 2.05) is 37.3 Å². The zero-order chi connectivity index (χ0) is 14.0. The number of carbonyl (C=O) groups is 1. The Morgan fingerprint density at radius 1 is 1.37 bits per heavy atom. The van der Waals surface area contributed by atoms with Crippen molar-refractivity contribution < 1.29 is 9.90 Å². The maximum absolute atomic E-state index is 12.4. The number of para-hydroxylation sites is 1. The van der Waals surface area contributed by atoms with Gasteiger partial charge in [0.15, 0.2) is 0 Å². The molecule has 0 bridgehead atoms. The Labute approximate surface area is 113 Å². The van der Waals surface area contributed by atoms with Gasteiger partial charge in [-0.1, -0.05) is 18.2 Å². The second kappa shape index (κ2) is 5.05. The maximum atomic E-state index is 12.4. The van der Waals surface area contributed by atoms with Gasteiger partial charge in [0.1, 0.15) is 5.69 Å². The fraction of sp³-hybridized carbons (Fsp3) is 0.400. The summed E-state index contributed by atoms with van der Waals surface area (Å²) in [5.74, 6) is -0.0826. The normalized spacial score (nSPS) is 11.8. The first kappa shape index (κ1) is 13.6. The van der Waals surface area contributed by atoms with Gasteiger partial charge in [-0.25, -0.2) is 0 Å². The van der Waals surface area contributed by atoms with Crippen molar-refractivity contribution in [3.05, 3.63) is 36.0 Å². The average Bonchev–Trinajstić information content (AvgIpc) is 2.77. The van der Waals surface area contributed by atoms with E-state index in [0.29, 0.717) is 18.8 Å². The van der Waals surface area contributed by atoms with Crippen molar-refractivity contribution in [3.63, 3.8) is 0 Å². The maximum Gasteiger partial charge on any atom is 0.270 e. The number of nitrogens with zero attached hydrogens (tertiary/aromatic N) is 1. The van der Waals surface area contributed by atoms with Crippen LogP contribution < -0.4 is 0 Å². The van der Waals surface area contributed by atoms with Crippen molar-refractivity contribution in [3.8, 4) is 0 Å². The molecule has 2 rings (SSSR count). The van der Waals surface area contributed by atoms with Crippen LogP contribution in [0.1, 0.15) is 31.3 Å². The van der Waals surface area contributed by atoms with E-state index in [4.69, 9.17) is 0 Å². The molecule has 19 heavy (non-hydrogen) atoms. The Balaban J connectivity index is 2.26. The van der Waals surface area contributed by atoms with Gasteiger partial charge in [0.25, 0.3) is 5.91 Å². The molecule has 0 saturated heterocycles. The monoisotopic (exact) mass is 260 g/mol. The van der Waals surface area contributed by atoms with Gasteiger partial charge < -0.3 is 15.0 Å². The minimum atomic E-state index is -0.891. The summed E-state index contributed by atoms with van der Waals surface area (Å²) in [6.07, 6.45) is 0. The van der Waals surface area contributed by atoms with Crippen molar-refractivity contribution in [1.82, 2.24) is 9.88 Å². The molecule has 0 radical (unpaired) electrons. The summed E-state index contributed by atoms with van der Waals surface area (Å²) in [5.41, 5.74) is 0.620. The summed E-state index contributed by atoms with van der Waals surface area (Å²) in [6, 6.07) is 9.64. The molecule has 4 nitrogen and oxygen atoms in total. The molecule has 2 aromatic rings. The molecule has 1 heterocycles.